The van der Waals surface area contributed by atoms with Crippen molar-refractivity contribution in [3.63, 3.8) is 0 Å². The highest BCUT2D eigenvalue weighted by atomic mass is 19.1. The van der Waals surface area contributed by atoms with Crippen LogP contribution in [0.5, 0.6) is 0 Å². The largest absolute Gasteiger partial charge is 0.390 e. The van der Waals surface area contributed by atoms with Crippen molar-refractivity contribution < 1.29 is 24.5 Å². The molecule has 0 aromatic rings. The molecular formula is C22H31FO4. The van der Waals surface area contributed by atoms with Crippen LogP contribution in [0.4, 0.5) is 4.39 Å². The number of allylic oxidation sites excluding steroid dienone is 4. The second-order valence-electron chi connectivity index (χ2n) is 9.93. The Morgan fingerprint density at radius 3 is 2.59 bits per heavy atom. The van der Waals surface area contributed by atoms with Gasteiger partial charge in [-0.3, -0.25) is 4.79 Å². The van der Waals surface area contributed by atoms with Crippen molar-refractivity contribution in [1.29, 1.82) is 0 Å². The van der Waals surface area contributed by atoms with Crippen LogP contribution in [0.1, 0.15) is 53.4 Å². The molecule has 0 bridgehead atoms. The van der Waals surface area contributed by atoms with Gasteiger partial charge in [-0.2, -0.15) is 0 Å². The first-order valence-electron chi connectivity index (χ1n) is 10.1. The van der Waals surface area contributed by atoms with E-state index in [-0.39, 0.29) is 24.0 Å². The first-order valence-corrected chi connectivity index (χ1v) is 10.1. The van der Waals surface area contributed by atoms with E-state index in [9.17, 15) is 20.1 Å². The molecule has 4 aliphatic carbocycles. The molecule has 4 rings (SSSR count). The Hall–Kier alpha value is -1.04. The molecule has 4 nitrogen and oxygen atoms in total. The van der Waals surface area contributed by atoms with E-state index < -0.39 is 40.2 Å². The fourth-order valence-corrected chi connectivity index (χ4v) is 7.32. The van der Waals surface area contributed by atoms with Crippen molar-refractivity contribution >= 4 is 5.78 Å². The molecule has 0 aliphatic heterocycles. The van der Waals surface area contributed by atoms with Gasteiger partial charge in [0.15, 0.2) is 11.5 Å². The van der Waals surface area contributed by atoms with Gasteiger partial charge in [0.2, 0.25) is 0 Å². The van der Waals surface area contributed by atoms with E-state index in [1.54, 1.807) is 26.0 Å². The van der Waals surface area contributed by atoms with Crippen molar-refractivity contribution in [2.45, 2.75) is 76.9 Å². The van der Waals surface area contributed by atoms with Gasteiger partial charge in [-0.05, 0) is 63.5 Å². The first-order chi connectivity index (χ1) is 12.4. The minimum Gasteiger partial charge on any atom is -0.390 e. The molecule has 3 N–H and O–H groups in total. The predicted molar refractivity (Wildman–Crippen MR) is 99.5 cm³/mol. The van der Waals surface area contributed by atoms with Crippen LogP contribution < -0.4 is 0 Å². The molecule has 150 valence electrons. The van der Waals surface area contributed by atoms with Gasteiger partial charge in [0, 0.05) is 16.7 Å². The third-order valence-corrected chi connectivity index (χ3v) is 8.88. The molecule has 27 heavy (non-hydrogen) atoms. The monoisotopic (exact) mass is 378 g/mol. The van der Waals surface area contributed by atoms with E-state index in [0.717, 1.165) is 5.57 Å². The normalized spacial score (nSPS) is 55.4. The topological polar surface area (TPSA) is 77.8 Å². The van der Waals surface area contributed by atoms with Crippen molar-refractivity contribution in [3.8, 4) is 0 Å². The van der Waals surface area contributed by atoms with Crippen LogP contribution in [-0.4, -0.2) is 44.6 Å². The Labute approximate surface area is 160 Å². The summed E-state index contributed by atoms with van der Waals surface area (Å²) in [6, 6.07) is 0. The standard InChI is InChI=1S/C22H31FO4/c1-12-9-17-15-6-8-21(27,13(2)24)20(15,4)11-18(26)22(17,23)19(3)7-5-14(25)10-16(12)19/h5,7,10,12-13,15,17-18,24,26-27H,6,8-9,11H2,1-4H3/t12-,13-,15-,17-,18-,19-,20-,21-,22-/m0/s1. The highest BCUT2D eigenvalue weighted by Gasteiger charge is 2.74. The molecular weight excluding hydrogens is 347 g/mol. The van der Waals surface area contributed by atoms with Crippen molar-refractivity contribution in [2.24, 2.45) is 28.6 Å². The second kappa shape index (κ2) is 5.52. The molecule has 0 spiro atoms. The van der Waals surface area contributed by atoms with Gasteiger partial charge in [-0.1, -0.05) is 25.5 Å². The number of carbonyl (C=O) groups excluding carboxylic acids is 1. The number of ketones is 1. The van der Waals surface area contributed by atoms with E-state index in [0.29, 0.717) is 19.3 Å². The van der Waals surface area contributed by atoms with Gasteiger partial charge in [0.1, 0.15) is 0 Å². The van der Waals surface area contributed by atoms with E-state index in [2.05, 4.69) is 0 Å². The van der Waals surface area contributed by atoms with Crippen molar-refractivity contribution in [1.82, 2.24) is 0 Å². The van der Waals surface area contributed by atoms with Gasteiger partial charge >= 0.3 is 0 Å². The Kier molecular flexibility index (Phi) is 3.94. The SMILES string of the molecule is C[C@H](O)[C@@]1(O)CC[C@H]2[C@@H]3C[C@H](C)C4=CC(=O)C=C[C@]4(C)[C@@]3(F)[C@@H](O)C[C@@]21C. The number of carbonyl (C=O) groups is 1. The highest BCUT2D eigenvalue weighted by Crippen LogP contribution is 2.70. The van der Waals surface area contributed by atoms with Crippen LogP contribution in [-0.2, 0) is 4.79 Å². The van der Waals surface area contributed by atoms with Gasteiger partial charge in [0.05, 0.1) is 17.8 Å². The summed E-state index contributed by atoms with van der Waals surface area (Å²) in [7, 11) is 0. The summed E-state index contributed by atoms with van der Waals surface area (Å²) < 4.78 is 16.9. The number of hydrogen-bond acceptors (Lipinski definition) is 4. The fraction of sp³-hybridized carbons (Fsp3) is 0.773. The van der Waals surface area contributed by atoms with E-state index in [1.807, 2.05) is 13.8 Å². The minimum absolute atomic E-state index is 0.0209. The molecule has 0 aromatic carbocycles. The average molecular weight is 378 g/mol. The predicted octanol–water partition coefficient (Wildman–Crippen LogP) is 2.72. The van der Waals surface area contributed by atoms with Crippen LogP contribution in [0, 0.1) is 28.6 Å². The zero-order valence-electron chi connectivity index (χ0n) is 16.6. The fourth-order valence-electron chi connectivity index (χ4n) is 7.32. The number of aliphatic hydroxyl groups excluding tert-OH is 2. The zero-order chi connectivity index (χ0) is 20.0. The number of alkyl halides is 1. The van der Waals surface area contributed by atoms with Gasteiger partial charge < -0.3 is 15.3 Å². The lowest BCUT2D eigenvalue weighted by molar-refractivity contribution is -0.235. The van der Waals surface area contributed by atoms with Gasteiger partial charge in [-0.15, -0.1) is 0 Å². The molecule has 0 saturated heterocycles. The van der Waals surface area contributed by atoms with Crippen LogP contribution in [0.3, 0.4) is 0 Å². The lowest BCUT2D eigenvalue weighted by Gasteiger charge is -2.64. The highest BCUT2D eigenvalue weighted by molar-refractivity contribution is 6.01. The molecule has 0 unspecified atom stereocenters. The molecule has 5 heteroatoms. The van der Waals surface area contributed by atoms with Crippen molar-refractivity contribution in [3.05, 3.63) is 23.8 Å². The maximum Gasteiger partial charge on any atom is 0.178 e. The Morgan fingerprint density at radius 2 is 1.96 bits per heavy atom. The second-order valence-corrected chi connectivity index (χ2v) is 9.93. The average Bonchev–Trinajstić information content (AvgIpc) is 2.85. The molecule has 3 saturated carbocycles. The van der Waals surface area contributed by atoms with Crippen LogP contribution in [0.15, 0.2) is 23.8 Å². The molecule has 0 radical (unpaired) electrons. The van der Waals surface area contributed by atoms with Crippen molar-refractivity contribution in [2.75, 3.05) is 0 Å². The number of aliphatic hydroxyl groups is 3. The Morgan fingerprint density at radius 1 is 1.30 bits per heavy atom. The smallest absolute Gasteiger partial charge is 0.178 e. The lowest BCUT2D eigenvalue weighted by atomic mass is 9.43. The molecule has 9 atom stereocenters. The number of fused-ring (bicyclic) bond motifs is 5. The molecule has 0 aromatic heterocycles. The summed E-state index contributed by atoms with van der Waals surface area (Å²) >= 11 is 0. The summed E-state index contributed by atoms with van der Waals surface area (Å²) in [6.07, 6.45) is 4.08. The van der Waals surface area contributed by atoms with Crippen LogP contribution >= 0.6 is 0 Å². The summed E-state index contributed by atoms with van der Waals surface area (Å²) in [4.78, 5) is 11.9. The summed E-state index contributed by atoms with van der Waals surface area (Å²) in [5.74, 6) is -0.671. The summed E-state index contributed by atoms with van der Waals surface area (Å²) in [5.41, 5.74) is -4.22. The number of halogens is 1. The lowest BCUT2D eigenvalue weighted by Crippen LogP contribution is -2.70. The molecule has 0 amide bonds. The van der Waals surface area contributed by atoms with Gasteiger partial charge in [-0.25, -0.2) is 4.39 Å². The van der Waals surface area contributed by atoms with E-state index in [4.69, 9.17) is 0 Å². The minimum atomic E-state index is -1.89. The van der Waals surface area contributed by atoms with Gasteiger partial charge in [0.25, 0.3) is 0 Å². The summed E-state index contributed by atoms with van der Waals surface area (Å²) in [6.45, 7) is 7.30. The van der Waals surface area contributed by atoms with Crippen LogP contribution in [0.25, 0.3) is 0 Å². The quantitative estimate of drug-likeness (QED) is 0.656. The number of hydrogen-bond donors (Lipinski definition) is 3. The Balaban J connectivity index is 1.85. The molecule has 0 heterocycles. The van der Waals surface area contributed by atoms with Crippen LogP contribution in [0.2, 0.25) is 0 Å². The summed E-state index contributed by atoms with van der Waals surface area (Å²) in [5, 5.41) is 32.7. The maximum absolute atomic E-state index is 16.9. The molecule has 4 aliphatic rings. The number of rotatable bonds is 1. The first kappa shape index (κ1) is 19.3. The maximum atomic E-state index is 16.9. The van der Waals surface area contributed by atoms with E-state index in [1.165, 1.54) is 6.08 Å². The molecule has 3 fully saturated rings. The third kappa shape index (κ3) is 2.06. The van der Waals surface area contributed by atoms with E-state index >= 15 is 4.39 Å². The zero-order valence-corrected chi connectivity index (χ0v) is 16.6. The third-order valence-electron chi connectivity index (χ3n) is 8.88. The Bertz CT molecular complexity index is 745.